The number of hydrogen-bond donors (Lipinski definition) is 1. The minimum Gasteiger partial charge on any atom is -0.383 e. The van der Waals surface area contributed by atoms with Crippen molar-refractivity contribution in [2.24, 2.45) is 0 Å². The molecule has 0 saturated carbocycles. The van der Waals surface area contributed by atoms with Crippen LogP contribution in [0.3, 0.4) is 0 Å². The zero-order valence-corrected chi connectivity index (χ0v) is 9.01. The quantitative estimate of drug-likeness (QED) is 0.795. The van der Waals surface area contributed by atoms with Gasteiger partial charge in [-0.3, -0.25) is 0 Å². The second kappa shape index (κ2) is 3.71. The number of aromatic nitrogens is 1. The van der Waals surface area contributed by atoms with Crippen molar-refractivity contribution >= 4 is 17.2 Å². The van der Waals surface area contributed by atoms with E-state index in [9.17, 15) is 0 Å². The van der Waals surface area contributed by atoms with Gasteiger partial charge in [0.2, 0.25) is 0 Å². The minimum atomic E-state index is 0.294. The molecule has 0 radical (unpaired) electrons. The fraction of sp³-hybridized carbons (Fsp3) is 0.0909. The highest BCUT2D eigenvalue weighted by molar-refractivity contribution is 7.13. The van der Waals surface area contributed by atoms with Crippen molar-refractivity contribution < 1.29 is 0 Å². The molecule has 2 heterocycles. The summed E-state index contributed by atoms with van der Waals surface area (Å²) >= 11 is 1.62. The van der Waals surface area contributed by atoms with Gasteiger partial charge >= 0.3 is 0 Å². The van der Waals surface area contributed by atoms with Gasteiger partial charge in [-0.25, -0.2) is 4.98 Å². The first-order valence-corrected chi connectivity index (χ1v) is 5.31. The zero-order chi connectivity index (χ0) is 10.8. The summed E-state index contributed by atoms with van der Waals surface area (Å²) in [6.45, 7) is 2.03. The molecule has 0 aliphatic carbocycles. The maximum Gasteiger partial charge on any atom is 0.142 e. The molecule has 4 heteroatoms. The van der Waals surface area contributed by atoms with Gasteiger partial charge in [0.05, 0.1) is 16.1 Å². The Balaban J connectivity index is 2.53. The van der Waals surface area contributed by atoms with E-state index in [2.05, 4.69) is 4.98 Å². The Morgan fingerprint density at radius 3 is 2.73 bits per heavy atom. The molecular formula is C11H9N3S. The lowest BCUT2D eigenvalue weighted by atomic mass is 10.2. The third-order valence-electron chi connectivity index (χ3n) is 2.14. The van der Waals surface area contributed by atoms with E-state index in [1.807, 2.05) is 30.5 Å². The second-order valence-corrected chi connectivity index (χ2v) is 4.09. The summed E-state index contributed by atoms with van der Waals surface area (Å²) in [6, 6.07) is 7.57. The third-order valence-corrected chi connectivity index (χ3v) is 3.18. The van der Waals surface area contributed by atoms with Gasteiger partial charge in [-0.1, -0.05) is 0 Å². The lowest BCUT2D eigenvalue weighted by molar-refractivity contribution is 1.31. The van der Waals surface area contributed by atoms with Gasteiger partial charge in [-0.05, 0) is 36.1 Å². The Kier molecular flexibility index (Phi) is 2.40. The largest absolute Gasteiger partial charge is 0.383 e. The molecule has 2 aromatic rings. The average molecular weight is 215 g/mol. The Morgan fingerprint density at radius 1 is 1.40 bits per heavy atom. The molecule has 0 aliphatic rings. The lowest BCUT2D eigenvalue weighted by Gasteiger charge is -2.01. The van der Waals surface area contributed by atoms with Gasteiger partial charge in [0, 0.05) is 0 Å². The Labute approximate surface area is 91.8 Å². The monoisotopic (exact) mass is 215 g/mol. The van der Waals surface area contributed by atoms with E-state index in [1.165, 1.54) is 5.56 Å². The SMILES string of the molecule is Cc1ccsc1-c1ccc(C#N)c(N)n1. The van der Waals surface area contributed by atoms with Gasteiger partial charge in [0.25, 0.3) is 0 Å². The number of hydrogen-bond acceptors (Lipinski definition) is 4. The van der Waals surface area contributed by atoms with Crippen LogP contribution in [0.5, 0.6) is 0 Å². The number of nitrogens with zero attached hydrogens (tertiary/aromatic N) is 2. The number of nitriles is 1. The topological polar surface area (TPSA) is 62.7 Å². The number of aryl methyl sites for hydroxylation is 1. The van der Waals surface area contributed by atoms with Crippen molar-refractivity contribution in [3.05, 3.63) is 34.7 Å². The first kappa shape index (κ1) is 9.69. The van der Waals surface area contributed by atoms with E-state index >= 15 is 0 Å². The Hall–Kier alpha value is -1.86. The summed E-state index contributed by atoms with van der Waals surface area (Å²) in [4.78, 5) is 5.32. The Morgan fingerprint density at radius 2 is 2.20 bits per heavy atom. The summed E-state index contributed by atoms with van der Waals surface area (Å²) in [5.74, 6) is 0.294. The number of nitrogens with two attached hydrogens (primary N) is 1. The first-order valence-electron chi connectivity index (χ1n) is 4.43. The smallest absolute Gasteiger partial charge is 0.142 e. The maximum absolute atomic E-state index is 8.73. The normalized spacial score (nSPS) is 9.87. The van der Waals surface area contributed by atoms with E-state index in [0.29, 0.717) is 11.4 Å². The van der Waals surface area contributed by atoms with E-state index in [1.54, 1.807) is 17.4 Å². The van der Waals surface area contributed by atoms with Crippen LogP contribution in [0.1, 0.15) is 11.1 Å². The summed E-state index contributed by atoms with van der Waals surface area (Å²) in [6.07, 6.45) is 0. The molecule has 3 nitrogen and oxygen atoms in total. The highest BCUT2D eigenvalue weighted by atomic mass is 32.1. The fourth-order valence-corrected chi connectivity index (χ4v) is 2.23. The molecule has 0 saturated heterocycles. The van der Waals surface area contributed by atoms with Crippen molar-refractivity contribution in [3.63, 3.8) is 0 Å². The molecule has 0 aromatic carbocycles. The van der Waals surface area contributed by atoms with Crippen LogP contribution in [0.15, 0.2) is 23.6 Å². The van der Waals surface area contributed by atoms with Crippen molar-refractivity contribution in [3.8, 4) is 16.6 Å². The highest BCUT2D eigenvalue weighted by Crippen LogP contribution is 2.28. The molecule has 0 bridgehead atoms. The predicted molar refractivity (Wildman–Crippen MR) is 61.4 cm³/mol. The predicted octanol–water partition coefficient (Wildman–Crippen LogP) is 2.57. The zero-order valence-electron chi connectivity index (χ0n) is 8.19. The van der Waals surface area contributed by atoms with Crippen molar-refractivity contribution in [2.45, 2.75) is 6.92 Å². The van der Waals surface area contributed by atoms with E-state index in [-0.39, 0.29) is 0 Å². The molecular weight excluding hydrogens is 206 g/mol. The highest BCUT2D eigenvalue weighted by Gasteiger charge is 2.07. The van der Waals surface area contributed by atoms with Gasteiger partial charge in [-0.15, -0.1) is 11.3 Å². The molecule has 0 unspecified atom stereocenters. The van der Waals surface area contributed by atoms with E-state index < -0.39 is 0 Å². The number of rotatable bonds is 1. The van der Waals surface area contributed by atoms with Gasteiger partial charge in [0.15, 0.2) is 0 Å². The summed E-state index contributed by atoms with van der Waals surface area (Å²) < 4.78 is 0. The van der Waals surface area contributed by atoms with Crippen LogP contribution < -0.4 is 5.73 Å². The first-order chi connectivity index (χ1) is 7.22. The van der Waals surface area contributed by atoms with Crippen molar-refractivity contribution in [1.82, 2.24) is 4.98 Å². The van der Waals surface area contributed by atoms with Crippen LogP contribution in [0.4, 0.5) is 5.82 Å². The van der Waals surface area contributed by atoms with Crippen LogP contribution in [-0.2, 0) is 0 Å². The Bertz CT molecular complexity index is 537. The lowest BCUT2D eigenvalue weighted by Crippen LogP contribution is -1.95. The van der Waals surface area contributed by atoms with E-state index in [4.69, 9.17) is 11.0 Å². The number of nitrogen functional groups attached to an aromatic ring is 1. The van der Waals surface area contributed by atoms with Crippen LogP contribution in [0, 0.1) is 18.3 Å². The summed E-state index contributed by atoms with van der Waals surface area (Å²) in [5.41, 5.74) is 8.09. The number of pyridine rings is 1. The molecule has 2 N–H and O–H groups in total. The molecule has 2 rings (SSSR count). The van der Waals surface area contributed by atoms with Gasteiger partial charge in [-0.2, -0.15) is 5.26 Å². The molecule has 74 valence electrons. The van der Waals surface area contributed by atoms with Gasteiger partial charge in [0.1, 0.15) is 11.9 Å². The molecule has 0 spiro atoms. The summed E-state index contributed by atoms with van der Waals surface area (Å²) in [5, 5.41) is 10.7. The number of thiophene rings is 1. The number of anilines is 1. The molecule has 0 atom stereocenters. The van der Waals surface area contributed by atoms with Crippen molar-refractivity contribution in [2.75, 3.05) is 5.73 Å². The summed E-state index contributed by atoms with van der Waals surface area (Å²) in [7, 11) is 0. The van der Waals surface area contributed by atoms with E-state index in [0.717, 1.165) is 10.6 Å². The molecule has 2 aromatic heterocycles. The minimum absolute atomic E-state index is 0.294. The fourth-order valence-electron chi connectivity index (χ4n) is 1.33. The molecule has 15 heavy (non-hydrogen) atoms. The molecule has 0 fully saturated rings. The van der Waals surface area contributed by atoms with Crippen LogP contribution in [-0.4, -0.2) is 4.98 Å². The van der Waals surface area contributed by atoms with Crippen LogP contribution in [0.25, 0.3) is 10.6 Å². The van der Waals surface area contributed by atoms with Crippen LogP contribution >= 0.6 is 11.3 Å². The second-order valence-electron chi connectivity index (χ2n) is 3.17. The maximum atomic E-state index is 8.73. The van der Waals surface area contributed by atoms with Crippen LogP contribution in [0.2, 0.25) is 0 Å². The standard InChI is InChI=1S/C11H9N3S/c1-7-4-5-15-10(7)9-3-2-8(6-12)11(13)14-9/h2-5H,1H3,(H2,13,14). The molecule has 0 aliphatic heterocycles. The third kappa shape index (κ3) is 1.69. The van der Waals surface area contributed by atoms with Crippen molar-refractivity contribution in [1.29, 1.82) is 5.26 Å². The average Bonchev–Trinajstić information content (AvgIpc) is 2.64. The molecule has 0 amide bonds. The van der Waals surface area contributed by atoms with Gasteiger partial charge < -0.3 is 5.73 Å².